The van der Waals surface area contributed by atoms with Crippen molar-refractivity contribution in [1.29, 1.82) is 0 Å². The van der Waals surface area contributed by atoms with Crippen molar-refractivity contribution in [1.82, 2.24) is 19.8 Å². The summed E-state index contributed by atoms with van der Waals surface area (Å²) in [6, 6.07) is 11.9. The van der Waals surface area contributed by atoms with E-state index in [4.69, 9.17) is 9.57 Å². The average Bonchev–Trinajstić information content (AvgIpc) is 3.40. The first-order valence-electron chi connectivity index (χ1n) is 10.2. The van der Waals surface area contributed by atoms with Crippen LogP contribution in [-0.2, 0) is 24.9 Å². The van der Waals surface area contributed by atoms with Crippen molar-refractivity contribution in [2.24, 2.45) is 12.2 Å². The number of aryl methyl sites for hydroxylation is 1. The molecular formula is C22H23N5O3. The molecule has 2 heterocycles. The molecule has 0 amide bonds. The Kier molecular flexibility index (Phi) is 4.61. The van der Waals surface area contributed by atoms with Crippen LogP contribution in [-0.4, -0.2) is 32.1 Å². The first kappa shape index (κ1) is 18.6. The molecule has 2 aromatic carbocycles. The van der Waals surface area contributed by atoms with Gasteiger partial charge < -0.3 is 9.57 Å². The SMILES string of the molecule is CC(=NOCc1c(C2CC2)cccc1-n1nnn(C)c1=O)c1cccc2c1CCO2. The lowest BCUT2D eigenvalue weighted by Crippen LogP contribution is -2.23. The maximum absolute atomic E-state index is 12.4. The van der Waals surface area contributed by atoms with Crippen LogP contribution in [0.5, 0.6) is 5.75 Å². The molecule has 30 heavy (non-hydrogen) atoms. The molecule has 5 rings (SSSR count). The molecule has 3 aromatic rings. The monoisotopic (exact) mass is 405 g/mol. The predicted molar refractivity (Wildman–Crippen MR) is 111 cm³/mol. The minimum absolute atomic E-state index is 0.258. The standard InChI is InChI=1S/C22H23N5O3/c1-14(16-5-4-8-21-18(16)11-12-29-21)23-30-13-19-17(15-9-10-15)6-3-7-20(19)27-22(28)26(2)24-25-27/h3-8,15H,9-13H2,1-2H3. The average molecular weight is 405 g/mol. The van der Waals surface area contributed by atoms with Crippen LogP contribution in [0.2, 0.25) is 0 Å². The molecule has 1 saturated carbocycles. The summed E-state index contributed by atoms with van der Waals surface area (Å²) >= 11 is 0. The highest BCUT2D eigenvalue weighted by atomic mass is 16.6. The zero-order valence-corrected chi connectivity index (χ0v) is 17.0. The number of nitrogens with zero attached hydrogens (tertiary/aromatic N) is 5. The van der Waals surface area contributed by atoms with Gasteiger partial charge in [-0.25, -0.2) is 4.79 Å². The fourth-order valence-electron chi connectivity index (χ4n) is 3.99. The Morgan fingerprint density at radius 2 is 2.07 bits per heavy atom. The van der Waals surface area contributed by atoms with Crippen molar-refractivity contribution >= 4 is 5.71 Å². The molecule has 1 aliphatic heterocycles. The second-order valence-corrected chi connectivity index (χ2v) is 7.75. The Hall–Kier alpha value is -3.42. The smallest absolute Gasteiger partial charge is 0.368 e. The molecule has 1 fully saturated rings. The molecule has 8 heteroatoms. The van der Waals surface area contributed by atoms with Crippen molar-refractivity contribution in [3.63, 3.8) is 0 Å². The molecule has 0 atom stereocenters. The lowest BCUT2D eigenvalue weighted by molar-refractivity contribution is 0.129. The fraction of sp³-hybridized carbons (Fsp3) is 0.364. The number of aromatic nitrogens is 4. The Bertz CT molecular complexity index is 1190. The predicted octanol–water partition coefficient (Wildman–Crippen LogP) is 2.72. The number of tetrazole rings is 1. The summed E-state index contributed by atoms with van der Waals surface area (Å²) in [5, 5.41) is 12.2. The van der Waals surface area contributed by atoms with Gasteiger partial charge in [0, 0.05) is 30.2 Å². The number of benzene rings is 2. The van der Waals surface area contributed by atoms with Crippen molar-refractivity contribution < 1.29 is 9.57 Å². The van der Waals surface area contributed by atoms with Crippen LogP contribution >= 0.6 is 0 Å². The third-order valence-electron chi connectivity index (χ3n) is 5.70. The van der Waals surface area contributed by atoms with Gasteiger partial charge in [0.05, 0.1) is 18.0 Å². The lowest BCUT2D eigenvalue weighted by Gasteiger charge is -2.13. The second kappa shape index (κ2) is 7.44. The van der Waals surface area contributed by atoms with E-state index in [0.29, 0.717) is 18.2 Å². The highest BCUT2D eigenvalue weighted by molar-refractivity contribution is 6.00. The summed E-state index contributed by atoms with van der Waals surface area (Å²) in [5.41, 5.74) is 5.55. The van der Waals surface area contributed by atoms with Gasteiger partial charge in [0.2, 0.25) is 0 Å². The van der Waals surface area contributed by atoms with Crippen LogP contribution < -0.4 is 10.4 Å². The molecule has 0 unspecified atom stereocenters. The van der Waals surface area contributed by atoms with Crippen LogP contribution in [0.4, 0.5) is 0 Å². The van der Waals surface area contributed by atoms with E-state index in [1.807, 2.05) is 37.3 Å². The molecule has 0 radical (unpaired) electrons. The van der Waals surface area contributed by atoms with E-state index in [1.54, 1.807) is 7.05 Å². The van der Waals surface area contributed by atoms with Gasteiger partial charge in [0.15, 0.2) is 0 Å². The van der Waals surface area contributed by atoms with E-state index in [9.17, 15) is 4.79 Å². The highest BCUT2D eigenvalue weighted by Crippen LogP contribution is 2.43. The van der Waals surface area contributed by atoms with E-state index in [2.05, 4.69) is 21.6 Å². The van der Waals surface area contributed by atoms with Gasteiger partial charge in [-0.2, -0.15) is 9.36 Å². The van der Waals surface area contributed by atoms with Crippen LogP contribution in [0.1, 0.15) is 47.9 Å². The first-order chi connectivity index (χ1) is 14.6. The number of fused-ring (bicyclic) bond motifs is 1. The highest BCUT2D eigenvalue weighted by Gasteiger charge is 2.28. The number of oxime groups is 1. The summed E-state index contributed by atoms with van der Waals surface area (Å²) in [5.74, 6) is 1.42. The Labute approximate surface area is 173 Å². The second-order valence-electron chi connectivity index (χ2n) is 7.75. The summed E-state index contributed by atoms with van der Waals surface area (Å²) in [6.07, 6.45) is 3.16. The summed E-state index contributed by atoms with van der Waals surface area (Å²) < 4.78 is 8.19. The zero-order valence-electron chi connectivity index (χ0n) is 17.0. The van der Waals surface area contributed by atoms with Gasteiger partial charge in [-0.1, -0.05) is 29.4 Å². The van der Waals surface area contributed by atoms with Crippen molar-refractivity contribution in [3.05, 3.63) is 69.1 Å². The number of rotatable bonds is 6. The fourth-order valence-corrected chi connectivity index (χ4v) is 3.99. The molecule has 1 aromatic heterocycles. The molecule has 0 spiro atoms. The molecule has 8 nitrogen and oxygen atoms in total. The van der Waals surface area contributed by atoms with Gasteiger partial charge in [-0.15, -0.1) is 0 Å². The molecule has 154 valence electrons. The van der Waals surface area contributed by atoms with E-state index in [1.165, 1.54) is 20.5 Å². The zero-order chi connectivity index (χ0) is 20.7. The van der Waals surface area contributed by atoms with Crippen LogP contribution in [0, 0.1) is 0 Å². The Morgan fingerprint density at radius 3 is 2.83 bits per heavy atom. The van der Waals surface area contributed by atoms with Gasteiger partial charge in [-0.05, 0) is 53.8 Å². The quantitative estimate of drug-likeness (QED) is 0.465. The summed E-state index contributed by atoms with van der Waals surface area (Å²) in [4.78, 5) is 18.2. The largest absolute Gasteiger partial charge is 0.493 e. The van der Waals surface area contributed by atoms with E-state index in [0.717, 1.165) is 41.9 Å². The van der Waals surface area contributed by atoms with Gasteiger partial charge in [-0.3, -0.25) is 0 Å². The van der Waals surface area contributed by atoms with Crippen LogP contribution in [0.25, 0.3) is 5.69 Å². The van der Waals surface area contributed by atoms with Gasteiger partial charge in [0.1, 0.15) is 12.4 Å². The lowest BCUT2D eigenvalue weighted by atomic mass is 10.0. The van der Waals surface area contributed by atoms with E-state index >= 15 is 0 Å². The number of ether oxygens (including phenoxy) is 1. The molecular weight excluding hydrogens is 382 g/mol. The van der Waals surface area contributed by atoms with Crippen molar-refractivity contribution in [3.8, 4) is 11.4 Å². The van der Waals surface area contributed by atoms with Crippen LogP contribution in [0.15, 0.2) is 46.3 Å². The molecule has 0 bridgehead atoms. The maximum Gasteiger partial charge on any atom is 0.368 e. The third-order valence-corrected chi connectivity index (χ3v) is 5.70. The molecule has 0 N–H and O–H groups in total. The minimum Gasteiger partial charge on any atom is -0.493 e. The Morgan fingerprint density at radius 1 is 1.23 bits per heavy atom. The first-order valence-corrected chi connectivity index (χ1v) is 10.2. The third kappa shape index (κ3) is 3.28. The van der Waals surface area contributed by atoms with Crippen LogP contribution in [0.3, 0.4) is 0 Å². The van der Waals surface area contributed by atoms with Crippen molar-refractivity contribution in [2.45, 2.75) is 38.7 Å². The molecule has 1 aliphatic carbocycles. The maximum atomic E-state index is 12.4. The molecule has 2 aliphatic rings. The molecule has 0 saturated heterocycles. The normalized spacial score (nSPS) is 15.7. The number of hydrogen-bond donors (Lipinski definition) is 0. The summed E-state index contributed by atoms with van der Waals surface area (Å²) in [6.45, 7) is 2.90. The minimum atomic E-state index is -0.288. The van der Waals surface area contributed by atoms with E-state index in [-0.39, 0.29) is 12.3 Å². The topological polar surface area (TPSA) is 83.5 Å². The van der Waals surface area contributed by atoms with E-state index < -0.39 is 0 Å². The van der Waals surface area contributed by atoms with Gasteiger partial charge in [0.25, 0.3) is 0 Å². The van der Waals surface area contributed by atoms with Crippen molar-refractivity contribution in [2.75, 3.05) is 6.61 Å². The Balaban J connectivity index is 1.45. The number of hydrogen-bond acceptors (Lipinski definition) is 6. The summed E-state index contributed by atoms with van der Waals surface area (Å²) in [7, 11) is 1.59. The van der Waals surface area contributed by atoms with Gasteiger partial charge >= 0.3 is 5.69 Å².